The Morgan fingerprint density at radius 3 is 2.44 bits per heavy atom. The topological polar surface area (TPSA) is 69.6 Å². The summed E-state index contributed by atoms with van der Waals surface area (Å²) in [7, 11) is 0. The van der Waals surface area contributed by atoms with E-state index in [9.17, 15) is 15.0 Å². The van der Waals surface area contributed by atoms with Crippen LogP contribution >= 0.6 is 0 Å². The predicted molar refractivity (Wildman–Crippen MR) is 68.9 cm³/mol. The van der Waals surface area contributed by atoms with Crippen molar-refractivity contribution < 1.29 is 15.0 Å². The summed E-state index contributed by atoms with van der Waals surface area (Å²) in [5, 5.41) is 21.3. The van der Waals surface area contributed by atoms with Crippen LogP contribution in [0.4, 0.5) is 5.69 Å². The Hall–Kier alpha value is -2.49. The summed E-state index contributed by atoms with van der Waals surface area (Å²) in [4.78, 5) is 11.9. The van der Waals surface area contributed by atoms with Gasteiger partial charge in [0.2, 0.25) is 0 Å². The first kappa shape index (κ1) is 12.0. The van der Waals surface area contributed by atoms with E-state index in [-0.39, 0.29) is 17.4 Å². The molecule has 0 bridgehead atoms. The molecule has 3 N–H and O–H groups in total. The van der Waals surface area contributed by atoms with Crippen LogP contribution < -0.4 is 5.32 Å². The van der Waals surface area contributed by atoms with Gasteiger partial charge in [-0.15, -0.1) is 0 Å². The smallest absolute Gasteiger partial charge is 0.255 e. The van der Waals surface area contributed by atoms with Crippen LogP contribution in [0.1, 0.15) is 15.9 Å². The molecule has 2 aromatic carbocycles. The van der Waals surface area contributed by atoms with E-state index in [1.165, 1.54) is 18.2 Å². The predicted octanol–water partition coefficient (Wildman–Crippen LogP) is 2.66. The SMILES string of the molecule is Cc1cc(O)ccc1NC(=O)c1cccc(O)c1. The first-order valence-electron chi connectivity index (χ1n) is 5.46. The van der Waals surface area contributed by atoms with Crippen LogP contribution in [0.3, 0.4) is 0 Å². The number of carbonyl (C=O) groups excluding carboxylic acids is 1. The Kier molecular flexibility index (Phi) is 3.19. The number of anilines is 1. The summed E-state index contributed by atoms with van der Waals surface area (Å²) in [6.45, 7) is 1.79. The van der Waals surface area contributed by atoms with E-state index in [0.29, 0.717) is 11.3 Å². The molecule has 0 unspecified atom stereocenters. The molecule has 92 valence electrons. The third-order valence-electron chi connectivity index (χ3n) is 2.57. The van der Waals surface area contributed by atoms with Crippen molar-refractivity contribution in [1.82, 2.24) is 0 Å². The monoisotopic (exact) mass is 243 g/mol. The second kappa shape index (κ2) is 4.79. The van der Waals surface area contributed by atoms with Crippen molar-refractivity contribution in [2.45, 2.75) is 6.92 Å². The van der Waals surface area contributed by atoms with Crippen LogP contribution in [-0.4, -0.2) is 16.1 Å². The number of nitrogens with one attached hydrogen (secondary N) is 1. The van der Waals surface area contributed by atoms with Crippen molar-refractivity contribution in [3.8, 4) is 11.5 Å². The second-order valence-electron chi connectivity index (χ2n) is 4.00. The van der Waals surface area contributed by atoms with Crippen molar-refractivity contribution in [1.29, 1.82) is 0 Å². The van der Waals surface area contributed by atoms with Crippen molar-refractivity contribution in [2.24, 2.45) is 0 Å². The highest BCUT2D eigenvalue weighted by atomic mass is 16.3. The second-order valence-corrected chi connectivity index (χ2v) is 4.00. The molecule has 0 heterocycles. The zero-order valence-corrected chi connectivity index (χ0v) is 9.84. The van der Waals surface area contributed by atoms with Gasteiger partial charge >= 0.3 is 0 Å². The van der Waals surface area contributed by atoms with E-state index in [4.69, 9.17) is 0 Å². The minimum absolute atomic E-state index is 0.0464. The van der Waals surface area contributed by atoms with Gasteiger partial charge in [-0.3, -0.25) is 4.79 Å². The average Bonchev–Trinajstić information content (AvgIpc) is 2.32. The molecule has 0 aliphatic rings. The first-order chi connectivity index (χ1) is 8.56. The number of aromatic hydroxyl groups is 2. The van der Waals surface area contributed by atoms with E-state index >= 15 is 0 Å². The number of carbonyl (C=O) groups is 1. The summed E-state index contributed by atoms with van der Waals surface area (Å²) in [5.74, 6) is -0.104. The van der Waals surface area contributed by atoms with Crippen molar-refractivity contribution in [3.05, 3.63) is 53.6 Å². The highest BCUT2D eigenvalue weighted by Gasteiger charge is 2.08. The zero-order valence-electron chi connectivity index (χ0n) is 9.84. The third-order valence-corrected chi connectivity index (χ3v) is 2.57. The molecule has 18 heavy (non-hydrogen) atoms. The van der Waals surface area contributed by atoms with Crippen LogP contribution in [0.15, 0.2) is 42.5 Å². The molecule has 4 heteroatoms. The van der Waals surface area contributed by atoms with Gasteiger partial charge in [0.25, 0.3) is 5.91 Å². The summed E-state index contributed by atoms with van der Waals surface area (Å²) >= 11 is 0. The number of amides is 1. The number of rotatable bonds is 2. The molecule has 0 fully saturated rings. The maximum Gasteiger partial charge on any atom is 0.255 e. The van der Waals surface area contributed by atoms with Crippen LogP contribution in [0.5, 0.6) is 11.5 Å². The van der Waals surface area contributed by atoms with E-state index < -0.39 is 0 Å². The van der Waals surface area contributed by atoms with Crippen LogP contribution in [0, 0.1) is 6.92 Å². The third kappa shape index (κ3) is 2.60. The van der Waals surface area contributed by atoms with Crippen LogP contribution in [0.2, 0.25) is 0 Å². The summed E-state index contributed by atoms with van der Waals surface area (Å²) in [5.41, 5.74) is 1.77. The Bertz CT molecular complexity index is 593. The highest BCUT2D eigenvalue weighted by molar-refractivity contribution is 6.04. The molecule has 1 amide bonds. The molecule has 0 atom stereocenters. The van der Waals surface area contributed by atoms with Gasteiger partial charge in [-0.25, -0.2) is 0 Å². The fourth-order valence-corrected chi connectivity index (χ4v) is 1.63. The Morgan fingerprint density at radius 2 is 1.78 bits per heavy atom. The van der Waals surface area contributed by atoms with E-state index in [1.54, 1.807) is 31.2 Å². The summed E-state index contributed by atoms with van der Waals surface area (Å²) in [6.07, 6.45) is 0. The van der Waals surface area contributed by atoms with E-state index in [1.807, 2.05) is 0 Å². The lowest BCUT2D eigenvalue weighted by atomic mass is 10.1. The minimum atomic E-state index is -0.306. The standard InChI is InChI=1S/C14H13NO3/c1-9-7-12(17)5-6-13(9)15-14(18)10-3-2-4-11(16)8-10/h2-8,16-17H,1H3,(H,15,18). The number of hydrogen-bond acceptors (Lipinski definition) is 3. The summed E-state index contributed by atoms with van der Waals surface area (Å²) in [6, 6.07) is 10.8. The Morgan fingerprint density at radius 1 is 1.06 bits per heavy atom. The molecule has 0 aromatic heterocycles. The Labute approximate surface area is 105 Å². The average molecular weight is 243 g/mol. The largest absolute Gasteiger partial charge is 0.508 e. The molecule has 0 spiro atoms. The molecule has 0 aliphatic heterocycles. The van der Waals surface area contributed by atoms with E-state index in [0.717, 1.165) is 5.56 Å². The van der Waals surface area contributed by atoms with Gasteiger partial charge in [-0.1, -0.05) is 6.07 Å². The van der Waals surface area contributed by atoms with Crippen LogP contribution in [-0.2, 0) is 0 Å². The number of aryl methyl sites for hydroxylation is 1. The van der Waals surface area contributed by atoms with Gasteiger partial charge in [0.05, 0.1) is 0 Å². The molecular formula is C14H13NO3. The fraction of sp³-hybridized carbons (Fsp3) is 0.0714. The number of benzene rings is 2. The minimum Gasteiger partial charge on any atom is -0.508 e. The van der Waals surface area contributed by atoms with Gasteiger partial charge in [-0.05, 0) is 48.9 Å². The maximum atomic E-state index is 11.9. The van der Waals surface area contributed by atoms with Gasteiger partial charge in [0.1, 0.15) is 11.5 Å². The molecular weight excluding hydrogens is 230 g/mol. The Balaban J connectivity index is 2.21. The van der Waals surface area contributed by atoms with Gasteiger partial charge in [0.15, 0.2) is 0 Å². The highest BCUT2D eigenvalue weighted by Crippen LogP contribution is 2.21. The molecule has 0 saturated carbocycles. The maximum absolute atomic E-state index is 11.9. The lowest BCUT2D eigenvalue weighted by Crippen LogP contribution is -2.12. The molecule has 0 radical (unpaired) electrons. The lowest BCUT2D eigenvalue weighted by Gasteiger charge is -2.08. The molecule has 2 aromatic rings. The van der Waals surface area contributed by atoms with E-state index in [2.05, 4.69) is 5.32 Å². The fourth-order valence-electron chi connectivity index (χ4n) is 1.63. The normalized spacial score (nSPS) is 10.1. The van der Waals surface area contributed by atoms with Gasteiger partial charge in [0, 0.05) is 11.3 Å². The quantitative estimate of drug-likeness (QED) is 0.710. The number of phenolic OH excluding ortho intramolecular Hbond substituents is 2. The summed E-state index contributed by atoms with van der Waals surface area (Å²) < 4.78 is 0. The van der Waals surface area contributed by atoms with Crippen molar-refractivity contribution >= 4 is 11.6 Å². The number of phenols is 2. The van der Waals surface area contributed by atoms with Gasteiger partial charge in [-0.2, -0.15) is 0 Å². The first-order valence-corrected chi connectivity index (χ1v) is 5.46. The number of hydrogen-bond donors (Lipinski definition) is 3. The molecule has 4 nitrogen and oxygen atoms in total. The lowest BCUT2D eigenvalue weighted by molar-refractivity contribution is 0.102. The zero-order chi connectivity index (χ0) is 13.1. The van der Waals surface area contributed by atoms with Gasteiger partial charge < -0.3 is 15.5 Å². The van der Waals surface area contributed by atoms with Crippen molar-refractivity contribution in [3.63, 3.8) is 0 Å². The van der Waals surface area contributed by atoms with Crippen molar-refractivity contribution in [2.75, 3.05) is 5.32 Å². The molecule has 0 aliphatic carbocycles. The molecule has 2 rings (SSSR count). The van der Waals surface area contributed by atoms with Crippen LogP contribution in [0.25, 0.3) is 0 Å². The molecule has 0 saturated heterocycles.